The minimum Gasteiger partial charge on any atom is -0.373 e. The molecule has 1 unspecified atom stereocenters. The van der Waals surface area contributed by atoms with E-state index >= 15 is 0 Å². The minimum atomic E-state index is 0.00726. The summed E-state index contributed by atoms with van der Waals surface area (Å²) in [5.41, 5.74) is 7.93. The molecule has 1 aromatic heterocycles. The van der Waals surface area contributed by atoms with Gasteiger partial charge in [0.15, 0.2) is 0 Å². The molecule has 0 aliphatic carbocycles. The molecule has 1 aliphatic heterocycles. The number of nitrogens with two attached hydrogens (primary N) is 1. The van der Waals surface area contributed by atoms with Crippen molar-refractivity contribution in [1.29, 1.82) is 0 Å². The number of rotatable bonds is 4. The number of hydrogen-bond acceptors (Lipinski definition) is 4. The van der Waals surface area contributed by atoms with Gasteiger partial charge in [0.2, 0.25) is 0 Å². The topological polar surface area (TPSA) is 45.4 Å². The van der Waals surface area contributed by atoms with Crippen LogP contribution in [0.5, 0.6) is 0 Å². The van der Waals surface area contributed by atoms with Crippen molar-refractivity contribution in [2.45, 2.75) is 19.4 Å². The van der Waals surface area contributed by atoms with Crippen LogP contribution in [-0.2, 0) is 0 Å². The van der Waals surface area contributed by atoms with Gasteiger partial charge in [0.25, 0.3) is 0 Å². The predicted octanol–water partition coefficient (Wildman–Crippen LogP) is 1.49. The summed E-state index contributed by atoms with van der Waals surface area (Å²) in [4.78, 5) is 9.10. The zero-order valence-electron chi connectivity index (χ0n) is 11.6. The molecule has 0 amide bonds. The Hall–Kier alpha value is -1.13. The quantitative estimate of drug-likeness (QED) is 0.877. The van der Waals surface area contributed by atoms with E-state index in [1.165, 1.54) is 25.2 Å². The van der Waals surface area contributed by atoms with Crippen LogP contribution in [0, 0.1) is 5.92 Å². The highest BCUT2D eigenvalue weighted by Crippen LogP contribution is 2.19. The Bertz CT molecular complexity index is 374. The third-order valence-corrected chi connectivity index (χ3v) is 3.70. The Morgan fingerprint density at radius 2 is 2.33 bits per heavy atom. The molecule has 1 fully saturated rings. The van der Waals surface area contributed by atoms with Crippen molar-refractivity contribution in [3.63, 3.8) is 0 Å². The monoisotopic (exact) mass is 248 g/mol. The number of nitrogens with zero attached hydrogens (tertiary/aromatic N) is 3. The molecule has 4 nitrogen and oxygen atoms in total. The smallest absolute Gasteiger partial charge is 0.0569 e. The van der Waals surface area contributed by atoms with Gasteiger partial charge in [0.1, 0.15) is 0 Å². The Labute approximate surface area is 110 Å². The summed E-state index contributed by atoms with van der Waals surface area (Å²) in [6, 6.07) is 4.15. The minimum absolute atomic E-state index is 0.00726. The number of likely N-dealkylation sites (tertiary alicyclic amines) is 1. The van der Waals surface area contributed by atoms with Crippen LogP contribution in [0.4, 0.5) is 5.69 Å². The highest BCUT2D eigenvalue weighted by molar-refractivity contribution is 5.43. The lowest BCUT2D eigenvalue weighted by Crippen LogP contribution is -2.27. The fourth-order valence-electron chi connectivity index (χ4n) is 2.56. The Kier molecular flexibility index (Phi) is 4.19. The first-order valence-corrected chi connectivity index (χ1v) is 6.67. The molecule has 1 saturated heterocycles. The summed E-state index contributed by atoms with van der Waals surface area (Å²) in [7, 11) is 4.33. The van der Waals surface area contributed by atoms with E-state index in [1.807, 2.05) is 19.2 Å². The van der Waals surface area contributed by atoms with Gasteiger partial charge in [0.05, 0.1) is 17.6 Å². The number of anilines is 1. The van der Waals surface area contributed by atoms with Gasteiger partial charge in [-0.05, 0) is 45.0 Å². The zero-order valence-corrected chi connectivity index (χ0v) is 11.6. The molecular formula is C14H24N4. The first-order valence-electron chi connectivity index (χ1n) is 6.67. The maximum atomic E-state index is 5.81. The SMILES string of the molecule is C[C@@H](N)c1ccc(N(C)CC2CCN(C)C2)cn1. The highest BCUT2D eigenvalue weighted by Gasteiger charge is 2.20. The van der Waals surface area contributed by atoms with Crippen LogP contribution in [0.15, 0.2) is 18.3 Å². The van der Waals surface area contributed by atoms with Crippen LogP contribution < -0.4 is 10.6 Å². The average molecular weight is 248 g/mol. The van der Waals surface area contributed by atoms with Crippen molar-refractivity contribution in [1.82, 2.24) is 9.88 Å². The molecule has 1 aromatic rings. The van der Waals surface area contributed by atoms with E-state index in [-0.39, 0.29) is 6.04 Å². The zero-order chi connectivity index (χ0) is 13.1. The fourth-order valence-corrected chi connectivity index (χ4v) is 2.56. The van der Waals surface area contributed by atoms with E-state index in [2.05, 4.69) is 34.9 Å². The van der Waals surface area contributed by atoms with Gasteiger partial charge in [-0.25, -0.2) is 0 Å². The predicted molar refractivity (Wildman–Crippen MR) is 75.7 cm³/mol. The van der Waals surface area contributed by atoms with E-state index < -0.39 is 0 Å². The van der Waals surface area contributed by atoms with Crippen LogP contribution in [0.25, 0.3) is 0 Å². The van der Waals surface area contributed by atoms with Crippen LogP contribution >= 0.6 is 0 Å². The van der Waals surface area contributed by atoms with Crippen LogP contribution in [0.3, 0.4) is 0 Å². The van der Waals surface area contributed by atoms with Gasteiger partial charge in [0, 0.05) is 26.2 Å². The van der Waals surface area contributed by atoms with E-state index in [0.29, 0.717) is 0 Å². The highest BCUT2D eigenvalue weighted by atomic mass is 15.2. The fraction of sp³-hybridized carbons (Fsp3) is 0.643. The van der Waals surface area contributed by atoms with Gasteiger partial charge in [-0.15, -0.1) is 0 Å². The molecule has 0 bridgehead atoms. The van der Waals surface area contributed by atoms with Crippen LogP contribution in [0.2, 0.25) is 0 Å². The van der Waals surface area contributed by atoms with E-state index in [0.717, 1.165) is 18.2 Å². The molecular weight excluding hydrogens is 224 g/mol. The van der Waals surface area contributed by atoms with Crippen molar-refractivity contribution in [2.75, 3.05) is 38.6 Å². The summed E-state index contributed by atoms with van der Waals surface area (Å²) in [6.45, 7) is 5.49. The third kappa shape index (κ3) is 3.21. The molecule has 0 radical (unpaired) electrons. The molecule has 1 aliphatic rings. The first-order chi connectivity index (χ1) is 8.56. The van der Waals surface area contributed by atoms with Crippen molar-refractivity contribution in [3.8, 4) is 0 Å². The molecule has 2 N–H and O–H groups in total. The summed E-state index contributed by atoms with van der Waals surface area (Å²) in [5.74, 6) is 0.771. The van der Waals surface area contributed by atoms with E-state index in [1.54, 1.807) is 0 Å². The maximum absolute atomic E-state index is 5.81. The van der Waals surface area contributed by atoms with Gasteiger partial charge in [-0.2, -0.15) is 0 Å². The van der Waals surface area contributed by atoms with Crippen molar-refractivity contribution in [2.24, 2.45) is 11.7 Å². The molecule has 2 atom stereocenters. The van der Waals surface area contributed by atoms with E-state index in [9.17, 15) is 0 Å². The standard InChI is InChI=1S/C14H24N4/c1-11(15)14-5-4-13(8-16-14)18(3)10-12-6-7-17(2)9-12/h4-5,8,11-12H,6-7,9-10,15H2,1-3H3/t11-,12?/m1/s1. The molecule has 4 heteroatoms. The lowest BCUT2D eigenvalue weighted by Gasteiger charge is -2.23. The number of hydrogen-bond donors (Lipinski definition) is 1. The largest absolute Gasteiger partial charge is 0.373 e. The molecule has 2 rings (SSSR count). The van der Waals surface area contributed by atoms with Crippen molar-refractivity contribution < 1.29 is 0 Å². The van der Waals surface area contributed by atoms with Crippen molar-refractivity contribution in [3.05, 3.63) is 24.0 Å². The number of aromatic nitrogens is 1. The van der Waals surface area contributed by atoms with Crippen LogP contribution in [0.1, 0.15) is 25.1 Å². The Balaban J connectivity index is 1.94. The molecule has 0 aromatic carbocycles. The van der Waals surface area contributed by atoms with Gasteiger partial charge >= 0.3 is 0 Å². The molecule has 0 spiro atoms. The van der Waals surface area contributed by atoms with Gasteiger partial charge < -0.3 is 15.5 Å². The summed E-state index contributed by atoms with van der Waals surface area (Å²) >= 11 is 0. The van der Waals surface area contributed by atoms with E-state index in [4.69, 9.17) is 5.73 Å². The molecule has 100 valence electrons. The van der Waals surface area contributed by atoms with Gasteiger partial charge in [-0.3, -0.25) is 4.98 Å². The lowest BCUT2D eigenvalue weighted by molar-refractivity contribution is 0.396. The maximum Gasteiger partial charge on any atom is 0.0569 e. The summed E-state index contributed by atoms with van der Waals surface area (Å²) < 4.78 is 0. The normalized spacial score (nSPS) is 22.1. The van der Waals surface area contributed by atoms with Gasteiger partial charge in [-0.1, -0.05) is 0 Å². The third-order valence-electron chi connectivity index (χ3n) is 3.70. The molecule has 18 heavy (non-hydrogen) atoms. The second-order valence-corrected chi connectivity index (χ2v) is 5.53. The summed E-state index contributed by atoms with van der Waals surface area (Å²) in [6.07, 6.45) is 3.23. The molecule has 2 heterocycles. The Morgan fingerprint density at radius 1 is 1.56 bits per heavy atom. The number of pyridine rings is 1. The first kappa shape index (κ1) is 13.3. The second-order valence-electron chi connectivity index (χ2n) is 5.53. The average Bonchev–Trinajstić information content (AvgIpc) is 2.75. The Morgan fingerprint density at radius 3 is 2.83 bits per heavy atom. The lowest BCUT2D eigenvalue weighted by atomic mass is 10.1. The summed E-state index contributed by atoms with van der Waals surface area (Å²) in [5, 5.41) is 0. The second kappa shape index (κ2) is 5.67. The van der Waals surface area contributed by atoms with Crippen molar-refractivity contribution >= 4 is 5.69 Å². The molecule has 0 saturated carbocycles. The van der Waals surface area contributed by atoms with Crippen LogP contribution in [-0.4, -0.2) is 43.6 Å².